The van der Waals surface area contributed by atoms with Crippen LogP contribution in [0.1, 0.15) is 25.1 Å². The van der Waals surface area contributed by atoms with Gasteiger partial charge in [-0.2, -0.15) is 0 Å². The quantitative estimate of drug-likeness (QED) is 0.913. The Morgan fingerprint density at radius 2 is 2.21 bits per heavy atom. The van der Waals surface area contributed by atoms with E-state index in [2.05, 4.69) is 15.9 Å². The molecule has 0 aliphatic heterocycles. The smallest absolute Gasteiger partial charge is 0.309 e. The zero-order chi connectivity index (χ0) is 10.8. The molecule has 4 heteroatoms. The number of halogens is 1. The van der Waals surface area contributed by atoms with E-state index in [1.807, 2.05) is 12.1 Å². The molecular weight excluding hydrogens is 264 g/mol. The third kappa shape index (κ3) is 3.10. The van der Waals surface area contributed by atoms with Crippen LogP contribution in [0, 0.1) is 5.41 Å². The SMILES string of the molecule is CC(C)(CCc1ccc(Br)s1)C(=O)O. The second-order valence-electron chi connectivity index (χ2n) is 3.89. The van der Waals surface area contributed by atoms with Crippen LogP contribution in [0.4, 0.5) is 0 Å². The minimum Gasteiger partial charge on any atom is -0.481 e. The maximum absolute atomic E-state index is 10.8. The summed E-state index contributed by atoms with van der Waals surface area (Å²) in [6.45, 7) is 3.52. The van der Waals surface area contributed by atoms with E-state index in [0.29, 0.717) is 6.42 Å². The largest absolute Gasteiger partial charge is 0.481 e. The summed E-state index contributed by atoms with van der Waals surface area (Å²) >= 11 is 5.05. The molecule has 0 saturated heterocycles. The van der Waals surface area contributed by atoms with Gasteiger partial charge in [0, 0.05) is 4.88 Å². The fraction of sp³-hybridized carbons (Fsp3) is 0.500. The molecule has 0 fully saturated rings. The molecule has 1 heterocycles. The molecule has 0 spiro atoms. The second-order valence-corrected chi connectivity index (χ2v) is 6.44. The fourth-order valence-electron chi connectivity index (χ4n) is 1.03. The summed E-state index contributed by atoms with van der Waals surface area (Å²) in [7, 11) is 0. The normalized spacial score (nSPS) is 11.6. The highest BCUT2D eigenvalue weighted by atomic mass is 79.9. The molecule has 0 atom stereocenters. The third-order valence-electron chi connectivity index (χ3n) is 2.20. The molecule has 78 valence electrons. The number of carboxylic acid groups (broad SMARTS) is 1. The summed E-state index contributed by atoms with van der Waals surface area (Å²) in [5, 5.41) is 8.92. The van der Waals surface area contributed by atoms with Gasteiger partial charge in [0.1, 0.15) is 0 Å². The van der Waals surface area contributed by atoms with Crippen molar-refractivity contribution in [2.45, 2.75) is 26.7 Å². The number of hydrogen-bond acceptors (Lipinski definition) is 2. The van der Waals surface area contributed by atoms with Crippen LogP contribution in [0.2, 0.25) is 0 Å². The molecule has 0 radical (unpaired) electrons. The van der Waals surface area contributed by atoms with Gasteiger partial charge in [-0.05, 0) is 54.8 Å². The number of hydrogen-bond donors (Lipinski definition) is 1. The number of aryl methyl sites for hydroxylation is 1. The third-order valence-corrected chi connectivity index (χ3v) is 3.89. The monoisotopic (exact) mass is 276 g/mol. The lowest BCUT2D eigenvalue weighted by atomic mass is 9.88. The van der Waals surface area contributed by atoms with Crippen molar-refractivity contribution in [3.05, 3.63) is 20.8 Å². The van der Waals surface area contributed by atoms with E-state index in [0.717, 1.165) is 10.2 Å². The van der Waals surface area contributed by atoms with Crippen LogP contribution in [0.25, 0.3) is 0 Å². The molecular formula is C10H13BrO2S. The Hall–Kier alpha value is -0.350. The van der Waals surface area contributed by atoms with Gasteiger partial charge in [0.2, 0.25) is 0 Å². The molecule has 1 rings (SSSR count). The summed E-state index contributed by atoms with van der Waals surface area (Å²) in [6, 6.07) is 4.03. The highest BCUT2D eigenvalue weighted by Gasteiger charge is 2.26. The van der Waals surface area contributed by atoms with Crippen molar-refractivity contribution in [1.82, 2.24) is 0 Å². The summed E-state index contributed by atoms with van der Waals surface area (Å²) in [5.74, 6) is -0.729. The fourth-order valence-corrected chi connectivity index (χ4v) is 2.51. The molecule has 0 unspecified atom stereocenters. The van der Waals surface area contributed by atoms with Gasteiger partial charge in [0.25, 0.3) is 0 Å². The van der Waals surface area contributed by atoms with Crippen molar-refractivity contribution >= 4 is 33.2 Å². The maximum Gasteiger partial charge on any atom is 0.309 e. The van der Waals surface area contributed by atoms with Gasteiger partial charge < -0.3 is 5.11 Å². The van der Waals surface area contributed by atoms with Gasteiger partial charge in [-0.15, -0.1) is 11.3 Å². The molecule has 1 aromatic rings. The predicted molar refractivity (Wildman–Crippen MR) is 61.8 cm³/mol. The van der Waals surface area contributed by atoms with Crippen molar-refractivity contribution in [2.24, 2.45) is 5.41 Å². The van der Waals surface area contributed by atoms with E-state index in [-0.39, 0.29) is 0 Å². The average molecular weight is 277 g/mol. The summed E-state index contributed by atoms with van der Waals surface area (Å²) in [4.78, 5) is 12.1. The van der Waals surface area contributed by atoms with E-state index in [9.17, 15) is 4.79 Å². The maximum atomic E-state index is 10.8. The van der Waals surface area contributed by atoms with Crippen molar-refractivity contribution in [1.29, 1.82) is 0 Å². The standard InChI is InChI=1S/C10H13BrO2S/c1-10(2,9(12)13)6-5-7-3-4-8(11)14-7/h3-4H,5-6H2,1-2H3,(H,12,13). The first kappa shape index (κ1) is 11.7. The summed E-state index contributed by atoms with van der Waals surface area (Å²) < 4.78 is 1.10. The highest BCUT2D eigenvalue weighted by Crippen LogP contribution is 2.28. The van der Waals surface area contributed by atoms with Crippen LogP contribution < -0.4 is 0 Å². The molecule has 0 aliphatic carbocycles. The van der Waals surface area contributed by atoms with Gasteiger partial charge in [-0.1, -0.05) is 0 Å². The van der Waals surface area contributed by atoms with Gasteiger partial charge in [-0.3, -0.25) is 4.79 Å². The van der Waals surface area contributed by atoms with Crippen LogP contribution >= 0.6 is 27.3 Å². The number of carbonyl (C=O) groups is 1. The Bertz CT molecular complexity index is 331. The zero-order valence-corrected chi connectivity index (χ0v) is 10.6. The lowest BCUT2D eigenvalue weighted by Crippen LogP contribution is -2.23. The number of thiophene rings is 1. The summed E-state index contributed by atoms with van der Waals surface area (Å²) in [6.07, 6.45) is 1.50. The Kier molecular flexibility index (Phi) is 3.72. The number of aliphatic carboxylic acids is 1. The van der Waals surface area contributed by atoms with Crippen molar-refractivity contribution in [3.63, 3.8) is 0 Å². The Morgan fingerprint density at radius 1 is 1.57 bits per heavy atom. The van der Waals surface area contributed by atoms with Gasteiger partial charge in [0.15, 0.2) is 0 Å². The second kappa shape index (κ2) is 4.45. The molecule has 1 aromatic heterocycles. The van der Waals surface area contributed by atoms with Crippen molar-refractivity contribution in [2.75, 3.05) is 0 Å². The van der Waals surface area contributed by atoms with Crippen LogP contribution in [-0.4, -0.2) is 11.1 Å². The summed E-state index contributed by atoms with van der Waals surface area (Å²) in [5.41, 5.74) is -0.629. The van der Waals surface area contributed by atoms with E-state index in [1.165, 1.54) is 4.88 Å². The topological polar surface area (TPSA) is 37.3 Å². The Labute approximate surface area is 96.1 Å². The molecule has 2 nitrogen and oxygen atoms in total. The molecule has 0 bridgehead atoms. The van der Waals surface area contributed by atoms with Gasteiger partial charge >= 0.3 is 5.97 Å². The first-order valence-corrected chi connectivity index (χ1v) is 6.00. The zero-order valence-electron chi connectivity index (χ0n) is 8.21. The van der Waals surface area contributed by atoms with Crippen LogP contribution in [0.3, 0.4) is 0 Å². The first-order chi connectivity index (χ1) is 6.42. The lowest BCUT2D eigenvalue weighted by molar-refractivity contribution is -0.147. The van der Waals surface area contributed by atoms with Crippen LogP contribution in [-0.2, 0) is 11.2 Å². The van der Waals surface area contributed by atoms with Gasteiger partial charge in [0.05, 0.1) is 9.20 Å². The van der Waals surface area contributed by atoms with Gasteiger partial charge in [-0.25, -0.2) is 0 Å². The molecule has 0 aromatic carbocycles. The first-order valence-electron chi connectivity index (χ1n) is 4.39. The molecule has 0 aliphatic rings. The van der Waals surface area contributed by atoms with E-state index >= 15 is 0 Å². The number of rotatable bonds is 4. The van der Waals surface area contributed by atoms with E-state index < -0.39 is 11.4 Å². The number of carboxylic acids is 1. The molecule has 0 saturated carbocycles. The van der Waals surface area contributed by atoms with Crippen molar-refractivity contribution < 1.29 is 9.90 Å². The van der Waals surface area contributed by atoms with Crippen LogP contribution in [0.5, 0.6) is 0 Å². The van der Waals surface area contributed by atoms with E-state index in [1.54, 1.807) is 25.2 Å². The molecule has 1 N–H and O–H groups in total. The predicted octanol–water partition coefficient (Wildman–Crippen LogP) is 3.55. The minimum atomic E-state index is -0.729. The molecule has 14 heavy (non-hydrogen) atoms. The molecule has 0 amide bonds. The Balaban J connectivity index is 2.52. The van der Waals surface area contributed by atoms with Crippen molar-refractivity contribution in [3.8, 4) is 0 Å². The van der Waals surface area contributed by atoms with E-state index in [4.69, 9.17) is 5.11 Å². The highest BCUT2D eigenvalue weighted by molar-refractivity contribution is 9.11. The van der Waals surface area contributed by atoms with Crippen LogP contribution in [0.15, 0.2) is 15.9 Å². The Morgan fingerprint density at radius 3 is 2.64 bits per heavy atom. The average Bonchev–Trinajstić information content (AvgIpc) is 2.48. The minimum absolute atomic E-state index is 0.629. The lowest BCUT2D eigenvalue weighted by Gasteiger charge is -2.17.